The summed E-state index contributed by atoms with van der Waals surface area (Å²) >= 11 is 0. The Bertz CT molecular complexity index is 967. The van der Waals surface area contributed by atoms with Gasteiger partial charge in [0.05, 0.1) is 21.3 Å². The molecule has 0 atom stereocenters. The third kappa shape index (κ3) is 11.7. The Hall–Kier alpha value is -1.66. The molecule has 0 aromatic heterocycles. The Morgan fingerprint density at radius 2 is 0.629 bits per heavy atom. The highest BCUT2D eigenvalue weighted by atomic mass is 32.2. The number of benzene rings is 2. The molecule has 0 aliphatic rings. The smallest absolute Gasteiger partial charge is 0.178 e. The second-order valence-electron chi connectivity index (χ2n) is 9.86. The number of hydrogen-bond donors (Lipinski definition) is 0. The number of hydrogen-bond acceptors (Lipinski definition) is 4. The SMILES string of the molecule is Cc1ccc(S(=O)(=O)CCCCCCCCCCCCCCCS(=O)(=O)c2ccc(C)cc2)cc1. The van der Waals surface area contributed by atoms with Crippen molar-refractivity contribution in [3.05, 3.63) is 59.7 Å². The second kappa shape index (κ2) is 15.5. The van der Waals surface area contributed by atoms with Crippen molar-refractivity contribution in [3.63, 3.8) is 0 Å². The Kier molecular flexibility index (Phi) is 13.1. The fourth-order valence-electron chi connectivity index (χ4n) is 4.26. The highest BCUT2D eigenvalue weighted by Crippen LogP contribution is 2.17. The molecule has 0 heterocycles. The predicted molar refractivity (Wildman–Crippen MR) is 146 cm³/mol. The number of aryl methyl sites for hydroxylation is 2. The Balaban J connectivity index is 1.39. The van der Waals surface area contributed by atoms with Gasteiger partial charge in [-0.25, -0.2) is 16.8 Å². The highest BCUT2D eigenvalue weighted by Gasteiger charge is 2.14. The van der Waals surface area contributed by atoms with Crippen LogP contribution in [0.15, 0.2) is 58.3 Å². The van der Waals surface area contributed by atoms with Crippen molar-refractivity contribution in [2.24, 2.45) is 0 Å². The van der Waals surface area contributed by atoms with Crippen LogP contribution in [0.4, 0.5) is 0 Å². The second-order valence-corrected chi connectivity index (χ2v) is 14.1. The molecule has 2 aromatic rings. The molecule has 2 rings (SSSR count). The van der Waals surface area contributed by atoms with E-state index in [0.29, 0.717) is 9.79 Å². The number of sulfone groups is 2. The van der Waals surface area contributed by atoms with E-state index in [2.05, 4.69) is 0 Å². The van der Waals surface area contributed by atoms with Gasteiger partial charge in [0.15, 0.2) is 19.7 Å². The summed E-state index contributed by atoms with van der Waals surface area (Å²) in [5, 5.41) is 0. The molecule has 0 aliphatic carbocycles. The maximum absolute atomic E-state index is 12.3. The van der Waals surface area contributed by atoms with Crippen LogP contribution in [0, 0.1) is 13.8 Å². The van der Waals surface area contributed by atoms with Crippen LogP contribution in [0.5, 0.6) is 0 Å². The normalized spacial score (nSPS) is 12.2. The summed E-state index contributed by atoms with van der Waals surface area (Å²) in [5.41, 5.74) is 2.15. The largest absolute Gasteiger partial charge is 0.224 e. The van der Waals surface area contributed by atoms with E-state index in [0.717, 1.165) is 49.7 Å². The van der Waals surface area contributed by atoms with Gasteiger partial charge in [-0.15, -0.1) is 0 Å². The first-order valence-electron chi connectivity index (χ1n) is 13.3. The maximum atomic E-state index is 12.3. The van der Waals surface area contributed by atoms with E-state index in [1.54, 1.807) is 24.3 Å². The minimum Gasteiger partial charge on any atom is -0.224 e. The van der Waals surface area contributed by atoms with Gasteiger partial charge in [-0.05, 0) is 51.0 Å². The summed E-state index contributed by atoms with van der Waals surface area (Å²) in [5.74, 6) is 0.488. The predicted octanol–water partition coefficient (Wildman–Crippen LogP) is 7.62. The molecular formula is C29H44O4S2. The van der Waals surface area contributed by atoms with E-state index in [1.165, 1.54) is 44.9 Å². The fourth-order valence-corrected chi connectivity index (χ4v) is 7.00. The van der Waals surface area contributed by atoms with Crippen molar-refractivity contribution in [1.29, 1.82) is 0 Å². The van der Waals surface area contributed by atoms with E-state index in [1.807, 2.05) is 38.1 Å². The summed E-state index contributed by atoms with van der Waals surface area (Å²) in [7, 11) is -6.29. The van der Waals surface area contributed by atoms with E-state index in [4.69, 9.17) is 0 Å². The van der Waals surface area contributed by atoms with Crippen molar-refractivity contribution in [2.45, 2.75) is 107 Å². The van der Waals surface area contributed by atoms with Crippen LogP contribution < -0.4 is 0 Å². The quantitative estimate of drug-likeness (QED) is 0.190. The van der Waals surface area contributed by atoms with Gasteiger partial charge in [0, 0.05) is 0 Å². The molecule has 0 saturated heterocycles. The molecule has 0 spiro atoms. The van der Waals surface area contributed by atoms with Crippen molar-refractivity contribution >= 4 is 19.7 Å². The van der Waals surface area contributed by atoms with Crippen LogP contribution in [0.2, 0.25) is 0 Å². The van der Waals surface area contributed by atoms with Crippen molar-refractivity contribution in [3.8, 4) is 0 Å². The first-order valence-corrected chi connectivity index (χ1v) is 16.6. The van der Waals surface area contributed by atoms with Crippen LogP contribution >= 0.6 is 0 Å². The van der Waals surface area contributed by atoms with Crippen LogP contribution in [0.3, 0.4) is 0 Å². The zero-order valence-corrected chi connectivity index (χ0v) is 23.3. The molecule has 196 valence electrons. The van der Waals surface area contributed by atoms with Crippen LogP contribution in [-0.4, -0.2) is 28.3 Å². The van der Waals surface area contributed by atoms with Gasteiger partial charge in [0.25, 0.3) is 0 Å². The molecule has 4 nitrogen and oxygen atoms in total. The minimum absolute atomic E-state index is 0.244. The molecule has 35 heavy (non-hydrogen) atoms. The first-order chi connectivity index (χ1) is 16.7. The lowest BCUT2D eigenvalue weighted by molar-refractivity contribution is 0.540. The third-order valence-electron chi connectivity index (χ3n) is 6.59. The molecule has 0 radical (unpaired) electrons. The van der Waals surface area contributed by atoms with E-state index >= 15 is 0 Å². The van der Waals surface area contributed by atoms with Crippen molar-refractivity contribution in [2.75, 3.05) is 11.5 Å². The summed E-state index contributed by atoms with van der Waals surface area (Å²) in [6.45, 7) is 3.92. The maximum Gasteiger partial charge on any atom is 0.178 e. The third-order valence-corrected chi connectivity index (χ3v) is 10.2. The van der Waals surface area contributed by atoms with Crippen molar-refractivity contribution in [1.82, 2.24) is 0 Å². The van der Waals surface area contributed by atoms with Gasteiger partial charge >= 0.3 is 0 Å². The lowest BCUT2D eigenvalue weighted by Crippen LogP contribution is -2.06. The number of unbranched alkanes of at least 4 members (excludes halogenated alkanes) is 12. The van der Waals surface area contributed by atoms with E-state index in [9.17, 15) is 16.8 Å². The minimum atomic E-state index is -3.14. The average Bonchev–Trinajstić information content (AvgIpc) is 2.82. The molecule has 0 amide bonds. The molecule has 2 aromatic carbocycles. The van der Waals surface area contributed by atoms with Gasteiger partial charge in [-0.2, -0.15) is 0 Å². The Morgan fingerprint density at radius 3 is 0.886 bits per heavy atom. The van der Waals surface area contributed by atoms with Gasteiger partial charge < -0.3 is 0 Å². The number of rotatable bonds is 18. The molecular weight excluding hydrogens is 476 g/mol. The lowest BCUT2D eigenvalue weighted by atomic mass is 10.0. The van der Waals surface area contributed by atoms with Crippen LogP contribution in [0.1, 0.15) is 94.6 Å². The Labute approximate surface area is 214 Å². The lowest BCUT2D eigenvalue weighted by Gasteiger charge is -2.06. The van der Waals surface area contributed by atoms with Gasteiger partial charge in [0.1, 0.15) is 0 Å². The monoisotopic (exact) mass is 520 g/mol. The molecule has 0 unspecified atom stereocenters. The zero-order valence-electron chi connectivity index (χ0n) is 21.7. The first kappa shape index (κ1) is 29.6. The standard InChI is InChI=1S/C29H44O4S2/c1-26-16-20-28(21-17-26)34(30,31)24-14-12-10-8-6-4-3-5-7-9-11-13-15-25-35(32,33)29-22-18-27(2)19-23-29/h16-23H,3-15,24-25H2,1-2H3. The van der Waals surface area contributed by atoms with Gasteiger partial charge in [0.2, 0.25) is 0 Å². The van der Waals surface area contributed by atoms with Gasteiger partial charge in [-0.1, -0.05) is 106 Å². The molecule has 0 bridgehead atoms. The molecule has 0 fully saturated rings. The average molecular weight is 521 g/mol. The topological polar surface area (TPSA) is 68.3 Å². The summed E-state index contributed by atoms with van der Waals surface area (Å²) in [6.07, 6.45) is 14.2. The summed E-state index contributed by atoms with van der Waals surface area (Å²) in [4.78, 5) is 0.880. The molecule has 0 aliphatic heterocycles. The van der Waals surface area contributed by atoms with Crippen LogP contribution in [-0.2, 0) is 19.7 Å². The van der Waals surface area contributed by atoms with E-state index in [-0.39, 0.29) is 11.5 Å². The van der Waals surface area contributed by atoms with Gasteiger partial charge in [-0.3, -0.25) is 0 Å². The molecule has 6 heteroatoms. The fraction of sp³-hybridized carbons (Fsp3) is 0.586. The molecule has 0 saturated carbocycles. The van der Waals surface area contributed by atoms with E-state index < -0.39 is 19.7 Å². The summed E-state index contributed by atoms with van der Waals surface area (Å²) < 4.78 is 49.4. The Morgan fingerprint density at radius 1 is 0.400 bits per heavy atom. The molecule has 0 N–H and O–H groups in total. The van der Waals surface area contributed by atoms with Crippen LogP contribution in [0.25, 0.3) is 0 Å². The summed E-state index contributed by atoms with van der Waals surface area (Å²) in [6, 6.07) is 14.3. The zero-order chi connectivity index (χ0) is 25.6. The highest BCUT2D eigenvalue weighted by molar-refractivity contribution is 7.91. The van der Waals surface area contributed by atoms with Crippen molar-refractivity contribution < 1.29 is 16.8 Å².